The third-order valence-electron chi connectivity index (χ3n) is 7.03. The number of aromatic hydroxyl groups is 1. The van der Waals surface area contributed by atoms with Crippen molar-refractivity contribution in [3.8, 4) is 5.75 Å². The van der Waals surface area contributed by atoms with E-state index in [1.807, 2.05) is 4.90 Å². The van der Waals surface area contributed by atoms with Crippen LogP contribution in [0.15, 0.2) is 18.2 Å². The SMILES string of the molecule is O=C(N1CCCC(c2cccc(O)c2F)C1)C1(C2(O)CCCNC2)CCC1. The summed E-state index contributed by atoms with van der Waals surface area (Å²) in [5.74, 6) is -1.00. The van der Waals surface area contributed by atoms with Gasteiger partial charge in [-0.1, -0.05) is 18.6 Å². The Bertz CT molecular complexity index is 713. The number of hydrogen-bond donors (Lipinski definition) is 3. The van der Waals surface area contributed by atoms with Gasteiger partial charge in [-0.2, -0.15) is 0 Å². The summed E-state index contributed by atoms with van der Waals surface area (Å²) in [6.45, 7) is 2.46. The number of rotatable bonds is 3. The monoisotopic (exact) mass is 376 g/mol. The zero-order chi connectivity index (χ0) is 19.1. The molecule has 3 aliphatic rings. The molecule has 1 aromatic rings. The molecule has 1 aliphatic carbocycles. The van der Waals surface area contributed by atoms with Gasteiger partial charge in [0.25, 0.3) is 0 Å². The van der Waals surface area contributed by atoms with Crippen LogP contribution in [-0.2, 0) is 4.79 Å². The van der Waals surface area contributed by atoms with E-state index < -0.39 is 16.8 Å². The number of nitrogens with one attached hydrogen (secondary N) is 1. The molecule has 2 atom stereocenters. The molecule has 0 aromatic heterocycles. The second-order valence-electron chi connectivity index (χ2n) is 8.52. The number of piperidine rings is 2. The maximum Gasteiger partial charge on any atom is 0.231 e. The summed E-state index contributed by atoms with van der Waals surface area (Å²) < 4.78 is 14.4. The molecule has 5 nitrogen and oxygen atoms in total. The summed E-state index contributed by atoms with van der Waals surface area (Å²) in [6, 6.07) is 4.70. The molecule has 0 bridgehead atoms. The number of carbonyl (C=O) groups is 1. The maximum absolute atomic E-state index is 14.4. The molecule has 2 saturated heterocycles. The lowest BCUT2D eigenvalue weighted by molar-refractivity contribution is -0.182. The van der Waals surface area contributed by atoms with Gasteiger partial charge in [-0.25, -0.2) is 4.39 Å². The van der Waals surface area contributed by atoms with E-state index in [-0.39, 0.29) is 17.6 Å². The fourth-order valence-electron chi connectivity index (χ4n) is 5.28. The van der Waals surface area contributed by atoms with Crippen LogP contribution in [0.1, 0.15) is 56.4 Å². The van der Waals surface area contributed by atoms with Gasteiger partial charge in [-0.05, 0) is 56.7 Å². The van der Waals surface area contributed by atoms with Gasteiger partial charge >= 0.3 is 0 Å². The highest BCUT2D eigenvalue weighted by Crippen LogP contribution is 2.53. The Morgan fingerprint density at radius 1 is 1.22 bits per heavy atom. The highest BCUT2D eigenvalue weighted by Gasteiger charge is 2.60. The number of halogens is 1. The summed E-state index contributed by atoms with van der Waals surface area (Å²) in [5.41, 5.74) is -1.20. The van der Waals surface area contributed by atoms with E-state index in [9.17, 15) is 19.4 Å². The minimum atomic E-state index is -0.982. The van der Waals surface area contributed by atoms with Gasteiger partial charge in [-0.15, -0.1) is 0 Å². The van der Waals surface area contributed by atoms with Crippen molar-refractivity contribution in [2.75, 3.05) is 26.2 Å². The maximum atomic E-state index is 14.4. The summed E-state index contributed by atoms with van der Waals surface area (Å²) in [7, 11) is 0. The number of carbonyl (C=O) groups excluding carboxylic acids is 1. The number of benzene rings is 1. The van der Waals surface area contributed by atoms with Gasteiger partial charge < -0.3 is 20.4 Å². The van der Waals surface area contributed by atoms with E-state index >= 15 is 0 Å². The number of phenolic OH excluding ortho intramolecular Hbond substituents is 1. The minimum absolute atomic E-state index is 0.0326. The molecule has 2 aliphatic heterocycles. The number of amides is 1. The fraction of sp³-hybridized carbons (Fsp3) is 0.667. The van der Waals surface area contributed by atoms with Gasteiger partial charge in [-0.3, -0.25) is 4.79 Å². The van der Waals surface area contributed by atoms with E-state index in [4.69, 9.17) is 0 Å². The smallest absolute Gasteiger partial charge is 0.231 e. The second kappa shape index (κ2) is 7.06. The number of nitrogens with zero attached hydrogens (tertiary/aromatic N) is 1. The van der Waals surface area contributed by atoms with Gasteiger partial charge in [0.05, 0.1) is 11.0 Å². The number of likely N-dealkylation sites (tertiary alicyclic amines) is 1. The van der Waals surface area contributed by atoms with Crippen molar-refractivity contribution in [1.29, 1.82) is 0 Å². The lowest BCUT2D eigenvalue weighted by Crippen LogP contribution is -2.66. The Morgan fingerprint density at radius 2 is 2.04 bits per heavy atom. The standard InChI is InChI=1S/C21H29FN2O3/c22-18-16(6-1-7-17(18)25)15-5-2-12-24(13-15)19(26)20(8-3-9-20)21(27)10-4-11-23-14-21/h1,6-7,15,23,25,27H,2-5,8-14H2. The van der Waals surface area contributed by atoms with E-state index in [2.05, 4.69) is 5.32 Å². The van der Waals surface area contributed by atoms with Crippen LogP contribution in [-0.4, -0.2) is 52.8 Å². The largest absolute Gasteiger partial charge is 0.505 e. The van der Waals surface area contributed by atoms with Crippen molar-refractivity contribution >= 4 is 5.91 Å². The molecular formula is C21H29FN2O3. The first-order valence-electron chi connectivity index (χ1n) is 10.2. The van der Waals surface area contributed by atoms with Crippen molar-refractivity contribution in [3.63, 3.8) is 0 Å². The van der Waals surface area contributed by atoms with E-state index in [1.165, 1.54) is 6.07 Å². The third-order valence-corrected chi connectivity index (χ3v) is 7.03. The lowest BCUT2D eigenvalue weighted by atomic mass is 9.55. The van der Waals surface area contributed by atoms with E-state index in [0.717, 1.165) is 45.1 Å². The van der Waals surface area contributed by atoms with Crippen LogP contribution in [0, 0.1) is 11.2 Å². The van der Waals surface area contributed by atoms with E-state index in [0.29, 0.717) is 31.6 Å². The minimum Gasteiger partial charge on any atom is -0.505 e. The van der Waals surface area contributed by atoms with E-state index in [1.54, 1.807) is 12.1 Å². The van der Waals surface area contributed by atoms with Crippen molar-refractivity contribution < 1.29 is 19.4 Å². The van der Waals surface area contributed by atoms with Gasteiger partial charge in [0, 0.05) is 25.6 Å². The number of hydrogen-bond acceptors (Lipinski definition) is 4. The van der Waals surface area contributed by atoms with Crippen LogP contribution in [0.2, 0.25) is 0 Å². The first kappa shape index (κ1) is 18.7. The molecule has 1 amide bonds. The number of phenols is 1. The summed E-state index contributed by atoms with van der Waals surface area (Å²) in [5, 5.41) is 24.3. The van der Waals surface area contributed by atoms with Crippen LogP contribution in [0.5, 0.6) is 5.75 Å². The highest BCUT2D eigenvalue weighted by molar-refractivity contribution is 5.85. The first-order valence-corrected chi connectivity index (χ1v) is 10.2. The zero-order valence-electron chi connectivity index (χ0n) is 15.7. The van der Waals surface area contributed by atoms with Crippen LogP contribution in [0.25, 0.3) is 0 Å². The summed E-state index contributed by atoms with van der Waals surface area (Å²) in [6.07, 6.45) is 5.55. The van der Waals surface area contributed by atoms with Crippen molar-refractivity contribution in [2.45, 2.75) is 56.5 Å². The topological polar surface area (TPSA) is 72.8 Å². The molecule has 4 rings (SSSR count). The molecule has 148 valence electrons. The molecule has 1 aromatic carbocycles. The predicted octanol–water partition coefficient (Wildman–Crippen LogP) is 2.52. The van der Waals surface area contributed by atoms with Crippen LogP contribution in [0.3, 0.4) is 0 Å². The van der Waals surface area contributed by atoms with Gasteiger partial charge in [0.15, 0.2) is 11.6 Å². The average Bonchev–Trinajstić information content (AvgIpc) is 2.63. The Hall–Kier alpha value is -1.66. The Balaban J connectivity index is 1.55. The predicted molar refractivity (Wildman–Crippen MR) is 100.0 cm³/mol. The molecule has 27 heavy (non-hydrogen) atoms. The molecule has 1 saturated carbocycles. The molecule has 2 unspecified atom stereocenters. The zero-order valence-corrected chi connectivity index (χ0v) is 15.7. The number of β-amino-alcohol motifs (C(OH)–C–C–N with tert-alkyl or cyclic N) is 1. The van der Waals surface area contributed by atoms with Crippen molar-refractivity contribution in [3.05, 3.63) is 29.6 Å². The molecule has 0 radical (unpaired) electrons. The Morgan fingerprint density at radius 3 is 2.70 bits per heavy atom. The average molecular weight is 376 g/mol. The molecule has 2 heterocycles. The lowest BCUT2D eigenvalue weighted by Gasteiger charge is -2.55. The number of aliphatic hydroxyl groups is 1. The molecule has 3 fully saturated rings. The first-order chi connectivity index (χ1) is 13.0. The van der Waals surface area contributed by atoms with Crippen LogP contribution >= 0.6 is 0 Å². The molecule has 0 spiro atoms. The Kier molecular flexibility index (Phi) is 4.89. The fourth-order valence-corrected chi connectivity index (χ4v) is 5.28. The Labute approximate surface area is 159 Å². The quantitative estimate of drug-likeness (QED) is 0.758. The normalized spacial score (nSPS) is 30.6. The van der Waals surface area contributed by atoms with Gasteiger partial charge in [0.1, 0.15) is 0 Å². The summed E-state index contributed by atoms with van der Waals surface area (Å²) in [4.78, 5) is 15.4. The summed E-state index contributed by atoms with van der Waals surface area (Å²) >= 11 is 0. The second-order valence-corrected chi connectivity index (χ2v) is 8.52. The van der Waals surface area contributed by atoms with Gasteiger partial charge in [0.2, 0.25) is 5.91 Å². The van der Waals surface area contributed by atoms with Crippen molar-refractivity contribution in [2.24, 2.45) is 5.41 Å². The van der Waals surface area contributed by atoms with Crippen molar-refractivity contribution in [1.82, 2.24) is 10.2 Å². The molecule has 6 heteroatoms. The van der Waals surface area contributed by atoms with Crippen LogP contribution in [0.4, 0.5) is 4.39 Å². The molecule has 3 N–H and O–H groups in total. The molecular weight excluding hydrogens is 347 g/mol. The third kappa shape index (κ3) is 3.03. The van der Waals surface area contributed by atoms with Crippen LogP contribution < -0.4 is 5.32 Å². The highest BCUT2D eigenvalue weighted by atomic mass is 19.1.